The van der Waals surface area contributed by atoms with Gasteiger partial charge < -0.3 is 14.6 Å². The van der Waals surface area contributed by atoms with Crippen LogP contribution in [0.2, 0.25) is 0 Å². The quantitative estimate of drug-likeness (QED) is 0.914. The average Bonchev–Trinajstić information content (AvgIpc) is 2.74. The van der Waals surface area contributed by atoms with Crippen molar-refractivity contribution in [3.05, 3.63) is 40.9 Å². The van der Waals surface area contributed by atoms with Crippen LogP contribution in [-0.2, 0) is 13.6 Å². The number of aromatic nitrogens is 2. The van der Waals surface area contributed by atoms with Gasteiger partial charge in [-0.3, -0.25) is 0 Å². The number of rotatable bonds is 4. The first-order valence-corrected chi connectivity index (χ1v) is 6.40. The minimum absolute atomic E-state index is 0.222. The van der Waals surface area contributed by atoms with Crippen molar-refractivity contribution in [2.75, 3.05) is 5.32 Å². The van der Waals surface area contributed by atoms with Crippen molar-refractivity contribution >= 4 is 21.6 Å². The fourth-order valence-electron chi connectivity index (χ4n) is 1.57. The first-order valence-electron chi connectivity index (χ1n) is 5.60. The zero-order chi connectivity index (χ0) is 14.8. The van der Waals surface area contributed by atoms with Gasteiger partial charge in [0.15, 0.2) is 0 Å². The first kappa shape index (κ1) is 14.7. The summed E-state index contributed by atoms with van der Waals surface area (Å²) in [6, 6.07) is 4.27. The lowest BCUT2D eigenvalue weighted by Gasteiger charge is -2.12. The molecule has 1 aromatic heterocycles. The fourth-order valence-corrected chi connectivity index (χ4v) is 2.03. The molecule has 8 heteroatoms. The van der Waals surface area contributed by atoms with Gasteiger partial charge in [-0.05, 0) is 34.1 Å². The van der Waals surface area contributed by atoms with Gasteiger partial charge in [0.1, 0.15) is 11.6 Å². The van der Waals surface area contributed by atoms with E-state index >= 15 is 0 Å². The summed E-state index contributed by atoms with van der Waals surface area (Å²) < 4.78 is 42.3. The second-order valence-electron chi connectivity index (χ2n) is 4.00. The summed E-state index contributed by atoms with van der Waals surface area (Å²) in [5.41, 5.74) is 0.661. The zero-order valence-electron chi connectivity index (χ0n) is 10.4. The van der Waals surface area contributed by atoms with E-state index in [9.17, 15) is 13.2 Å². The number of benzene rings is 1. The van der Waals surface area contributed by atoms with E-state index in [1.807, 2.05) is 17.8 Å². The highest BCUT2D eigenvalue weighted by molar-refractivity contribution is 9.10. The van der Waals surface area contributed by atoms with E-state index in [0.29, 0.717) is 12.2 Å². The molecule has 0 saturated heterocycles. The normalized spacial score (nSPS) is 11.4. The molecule has 0 spiro atoms. The Morgan fingerprint density at radius 3 is 2.70 bits per heavy atom. The molecule has 0 unspecified atom stereocenters. The third-order valence-electron chi connectivity index (χ3n) is 2.53. The zero-order valence-corrected chi connectivity index (χ0v) is 12.0. The summed E-state index contributed by atoms with van der Waals surface area (Å²) in [4.78, 5) is 4.13. The van der Waals surface area contributed by atoms with Gasteiger partial charge in [0.2, 0.25) is 0 Å². The molecule has 0 aliphatic rings. The van der Waals surface area contributed by atoms with Crippen molar-refractivity contribution in [3.8, 4) is 5.75 Å². The van der Waals surface area contributed by atoms with Gasteiger partial charge in [-0.1, -0.05) is 0 Å². The SMILES string of the molecule is Cn1ccnc1CNc1ccc(OC(F)(F)F)c(Br)c1. The molecule has 0 fully saturated rings. The molecule has 1 aromatic carbocycles. The molecule has 0 radical (unpaired) electrons. The summed E-state index contributed by atoms with van der Waals surface area (Å²) in [5, 5.41) is 3.07. The second-order valence-corrected chi connectivity index (χ2v) is 4.86. The molecule has 0 atom stereocenters. The van der Waals surface area contributed by atoms with Crippen LogP contribution >= 0.6 is 15.9 Å². The van der Waals surface area contributed by atoms with Gasteiger partial charge in [-0.25, -0.2) is 4.98 Å². The number of anilines is 1. The number of alkyl halides is 3. The number of nitrogens with zero attached hydrogens (tertiary/aromatic N) is 2. The Balaban J connectivity index is 2.04. The molecule has 1 heterocycles. The van der Waals surface area contributed by atoms with Gasteiger partial charge in [0.25, 0.3) is 0 Å². The van der Waals surface area contributed by atoms with Crippen molar-refractivity contribution in [2.24, 2.45) is 7.05 Å². The Kier molecular flexibility index (Phi) is 4.22. The Labute approximate surface area is 121 Å². The molecule has 0 bridgehead atoms. The maximum atomic E-state index is 12.1. The van der Waals surface area contributed by atoms with Crippen molar-refractivity contribution in [2.45, 2.75) is 12.9 Å². The minimum Gasteiger partial charge on any atom is -0.405 e. The maximum absolute atomic E-state index is 12.1. The molecule has 0 aliphatic carbocycles. The lowest BCUT2D eigenvalue weighted by Crippen LogP contribution is -2.17. The van der Waals surface area contributed by atoms with E-state index in [-0.39, 0.29) is 10.2 Å². The van der Waals surface area contributed by atoms with Gasteiger partial charge in [0, 0.05) is 25.1 Å². The van der Waals surface area contributed by atoms with Crippen LogP contribution in [0.5, 0.6) is 5.75 Å². The van der Waals surface area contributed by atoms with E-state index in [0.717, 1.165) is 5.82 Å². The number of nitrogens with one attached hydrogen (secondary N) is 1. The third kappa shape index (κ3) is 3.89. The van der Waals surface area contributed by atoms with Crippen LogP contribution in [0.1, 0.15) is 5.82 Å². The molecule has 0 amide bonds. The molecule has 20 heavy (non-hydrogen) atoms. The third-order valence-corrected chi connectivity index (χ3v) is 3.15. The molecule has 4 nitrogen and oxygen atoms in total. The molecule has 0 aliphatic heterocycles. The van der Waals surface area contributed by atoms with E-state index in [1.54, 1.807) is 6.20 Å². The largest absolute Gasteiger partial charge is 0.573 e. The number of aryl methyl sites for hydroxylation is 1. The minimum atomic E-state index is -4.70. The van der Waals surface area contributed by atoms with E-state index < -0.39 is 6.36 Å². The molecule has 0 saturated carbocycles. The summed E-state index contributed by atoms with van der Waals surface area (Å²) in [6.07, 6.45) is -1.22. The number of hydrogen-bond donors (Lipinski definition) is 1. The lowest BCUT2D eigenvalue weighted by atomic mass is 10.3. The second kappa shape index (κ2) is 5.74. The van der Waals surface area contributed by atoms with Crippen LogP contribution in [0.15, 0.2) is 35.1 Å². The van der Waals surface area contributed by atoms with Crippen LogP contribution in [0.4, 0.5) is 18.9 Å². The monoisotopic (exact) mass is 349 g/mol. The summed E-state index contributed by atoms with van der Waals surface area (Å²) in [6.45, 7) is 0.468. The Morgan fingerprint density at radius 2 is 2.15 bits per heavy atom. The van der Waals surface area contributed by atoms with Crippen LogP contribution in [0, 0.1) is 0 Å². The molecular formula is C12H11BrF3N3O. The van der Waals surface area contributed by atoms with Crippen LogP contribution in [0.25, 0.3) is 0 Å². The van der Waals surface area contributed by atoms with Gasteiger partial charge in [-0.2, -0.15) is 0 Å². The highest BCUT2D eigenvalue weighted by atomic mass is 79.9. The predicted molar refractivity (Wildman–Crippen MR) is 71.4 cm³/mol. The lowest BCUT2D eigenvalue weighted by molar-refractivity contribution is -0.274. The maximum Gasteiger partial charge on any atom is 0.573 e. The van der Waals surface area contributed by atoms with Crippen molar-refractivity contribution < 1.29 is 17.9 Å². The van der Waals surface area contributed by atoms with E-state index in [1.165, 1.54) is 18.2 Å². The van der Waals surface area contributed by atoms with Crippen LogP contribution < -0.4 is 10.1 Å². The van der Waals surface area contributed by atoms with Crippen molar-refractivity contribution in [1.82, 2.24) is 9.55 Å². The molecule has 2 aromatic rings. The van der Waals surface area contributed by atoms with Crippen LogP contribution in [0.3, 0.4) is 0 Å². The Morgan fingerprint density at radius 1 is 1.40 bits per heavy atom. The fraction of sp³-hybridized carbons (Fsp3) is 0.250. The van der Waals surface area contributed by atoms with Gasteiger partial charge >= 0.3 is 6.36 Å². The van der Waals surface area contributed by atoms with Crippen molar-refractivity contribution in [1.29, 1.82) is 0 Å². The number of hydrogen-bond acceptors (Lipinski definition) is 3. The summed E-state index contributed by atoms with van der Waals surface area (Å²) in [5.74, 6) is 0.539. The smallest absolute Gasteiger partial charge is 0.405 e. The van der Waals surface area contributed by atoms with Crippen LogP contribution in [-0.4, -0.2) is 15.9 Å². The topological polar surface area (TPSA) is 39.1 Å². The molecule has 2 rings (SSSR count). The molecular weight excluding hydrogens is 339 g/mol. The molecule has 1 N–H and O–H groups in total. The highest BCUT2D eigenvalue weighted by Crippen LogP contribution is 2.32. The Hall–Kier alpha value is -1.70. The predicted octanol–water partition coefficient (Wildman–Crippen LogP) is 3.69. The standard InChI is InChI=1S/C12H11BrF3N3O/c1-19-5-4-17-11(19)7-18-8-2-3-10(9(13)6-8)20-12(14,15)16/h2-6,18H,7H2,1H3. The molecule has 108 valence electrons. The first-order chi connectivity index (χ1) is 9.35. The Bertz CT molecular complexity index is 598. The summed E-state index contributed by atoms with van der Waals surface area (Å²) in [7, 11) is 1.86. The number of ether oxygens (including phenoxy) is 1. The van der Waals surface area contributed by atoms with Crippen molar-refractivity contribution in [3.63, 3.8) is 0 Å². The number of halogens is 4. The van der Waals surface area contributed by atoms with E-state index in [2.05, 4.69) is 31.0 Å². The number of imidazole rings is 1. The van der Waals surface area contributed by atoms with E-state index in [4.69, 9.17) is 0 Å². The highest BCUT2D eigenvalue weighted by Gasteiger charge is 2.31. The van der Waals surface area contributed by atoms with Gasteiger partial charge in [0.05, 0.1) is 11.0 Å². The summed E-state index contributed by atoms with van der Waals surface area (Å²) >= 11 is 3.05. The average molecular weight is 350 g/mol. The van der Waals surface area contributed by atoms with Gasteiger partial charge in [-0.15, -0.1) is 13.2 Å².